The van der Waals surface area contributed by atoms with Gasteiger partial charge in [0.2, 0.25) is 0 Å². The van der Waals surface area contributed by atoms with Crippen molar-refractivity contribution in [2.45, 2.75) is 17.7 Å². The predicted octanol–water partition coefficient (Wildman–Crippen LogP) is 5.27. The first-order valence-electron chi connectivity index (χ1n) is 5.71. The maximum absolute atomic E-state index is 11.8. The molecule has 0 amide bonds. The van der Waals surface area contributed by atoms with Gasteiger partial charge in [0.1, 0.15) is 0 Å². The van der Waals surface area contributed by atoms with E-state index in [2.05, 4.69) is 28.1 Å². The molecule has 94 valence electrons. The molecule has 1 heterocycles. The maximum atomic E-state index is 11.8. The zero-order valence-corrected chi connectivity index (χ0v) is 13.0. The second-order valence-corrected chi connectivity index (χ2v) is 6.84. The molecule has 0 N–H and O–H groups in total. The number of hydrogen-bond donors (Lipinski definition) is 0. The fourth-order valence-electron chi connectivity index (χ4n) is 1.54. The van der Waals surface area contributed by atoms with Crippen LogP contribution in [0.4, 0.5) is 0 Å². The van der Waals surface area contributed by atoms with Gasteiger partial charge in [0.15, 0.2) is 5.78 Å². The minimum atomic E-state index is 0.264. The van der Waals surface area contributed by atoms with Gasteiger partial charge in [0.25, 0.3) is 0 Å². The average Bonchev–Trinajstić information content (AvgIpc) is 2.88. The highest BCUT2D eigenvalue weighted by atomic mass is 79.9. The predicted molar refractivity (Wildman–Crippen MR) is 82.7 cm³/mol. The van der Waals surface area contributed by atoms with E-state index in [1.807, 2.05) is 29.6 Å². The van der Waals surface area contributed by atoms with Gasteiger partial charge in [-0.25, -0.2) is 0 Å². The summed E-state index contributed by atoms with van der Waals surface area (Å²) in [7, 11) is 0. The van der Waals surface area contributed by atoms with Crippen LogP contribution in [0, 0.1) is 0 Å². The minimum Gasteiger partial charge on any atom is -0.293 e. The van der Waals surface area contributed by atoms with E-state index in [9.17, 15) is 4.79 Å². The second-order valence-electron chi connectivity index (χ2n) is 3.81. The quantitative estimate of drug-likeness (QED) is 0.405. The molecular weight excluding hydrogens is 328 g/mol. The molecule has 0 bridgehead atoms. The van der Waals surface area contributed by atoms with Crippen molar-refractivity contribution >= 4 is 44.8 Å². The number of ketones is 1. The molecule has 0 fully saturated rings. The zero-order valence-electron chi connectivity index (χ0n) is 9.77. The van der Waals surface area contributed by atoms with E-state index in [0.29, 0.717) is 6.42 Å². The smallest absolute Gasteiger partial charge is 0.172 e. The summed E-state index contributed by atoms with van der Waals surface area (Å²) >= 11 is 6.77. The molecule has 0 spiro atoms. The molecule has 2 rings (SSSR count). The van der Waals surface area contributed by atoms with Gasteiger partial charge >= 0.3 is 0 Å². The third-order valence-corrected chi connectivity index (χ3v) is 4.89. The number of thiophene rings is 1. The molecule has 0 aliphatic rings. The highest BCUT2D eigenvalue weighted by Crippen LogP contribution is 2.23. The fraction of sp³-hybridized carbons (Fsp3) is 0.214. The van der Waals surface area contributed by atoms with Gasteiger partial charge in [-0.3, -0.25) is 4.79 Å². The summed E-state index contributed by atoms with van der Waals surface area (Å²) < 4.78 is 1.10. The fourth-order valence-corrected chi connectivity index (χ4v) is 3.69. The molecule has 18 heavy (non-hydrogen) atoms. The Hall–Kier alpha value is -0.580. The van der Waals surface area contributed by atoms with Gasteiger partial charge in [0, 0.05) is 15.8 Å². The van der Waals surface area contributed by atoms with E-state index in [4.69, 9.17) is 0 Å². The molecule has 0 unspecified atom stereocenters. The summed E-state index contributed by atoms with van der Waals surface area (Å²) in [4.78, 5) is 13.9. The molecule has 0 atom stereocenters. The highest BCUT2D eigenvalue weighted by molar-refractivity contribution is 9.10. The van der Waals surface area contributed by atoms with Gasteiger partial charge in [-0.2, -0.15) is 0 Å². The first kappa shape index (κ1) is 13.8. The number of Topliss-reactive ketones (excluding diaryl/α,β-unsaturated/α-hetero) is 1. The Kier molecular flexibility index (Phi) is 5.47. The first-order chi connectivity index (χ1) is 8.75. The van der Waals surface area contributed by atoms with Crippen LogP contribution in [0.1, 0.15) is 22.5 Å². The molecule has 2 aromatic rings. The number of thioether (sulfide) groups is 1. The van der Waals surface area contributed by atoms with E-state index >= 15 is 0 Å². The standard InChI is InChI=1S/C14H13BrOS2/c15-11-4-1-5-12(10-11)17-8-2-6-13(16)14-7-3-9-18-14/h1,3-5,7,9-10H,2,6,8H2. The van der Waals surface area contributed by atoms with Crippen molar-refractivity contribution < 1.29 is 4.79 Å². The molecule has 0 aliphatic carbocycles. The summed E-state index contributed by atoms with van der Waals surface area (Å²) in [6.45, 7) is 0. The lowest BCUT2D eigenvalue weighted by molar-refractivity contribution is 0.0986. The summed E-state index contributed by atoms with van der Waals surface area (Å²) in [5, 5.41) is 1.95. The van der Waals surface area contributed by atoms with Crippen LogP contribution >= 0.6 is 39.0 Å². The van der Waals surface area contributed by atoms with Crippen LogP contribution in [-0.2, 0) is 0 Å². The number of hydrogen-bond acceptors (Lipinski definition) is 3. The van der Waals surface area contributed by atoms with Crippen LogP contribution in [0.3, 0.4) is 0 Å². The van der Waals surface area contributed by atoms with E-state index in [-0.39, 0.29) is 5.78 Å². The van der Waals surface area contributed by atoms with Gasteiger partial charge in [0.05, 0.1) is 4.88 Å². The molecular formula is C14H13BrOS2. The monoisotopic (exact) mass is 340 g/mol. The lowest BCUT2D eigenvalue weighted by Crippen LogP contribution is -1.96. The number of halogens is 1. The van der Waals surface area contributed by atoms with Gasteiger partial charge in [-0.1, -0.05) is 28.1 Å². The molecule has 0 aliphatic heterocycles. The lowest BCUT2D eigenvalue weighted by atomic mass is 10.2. The van der Waals surface area contributed by atoms with Crippen LogP contribution in [0.2, 0.25) is 0 Å². The third kappa shape index (κ3) is 4.26. The lowest BCUT2D eigenvalue weighted by Gasteiger charge is -2.01. The molecule has 0 saturated carbocycles. The summed E-state index contributed by atoms with van der Waals surface area (Å²) in [5.74, 6) is 1.24. The molecule has 1 aromatic heterocycles. The Labute approximate surface area is 124 Å². The van der Waals surface area contributed by atoms with Gasteiger partial charge < -0.3 is 0 Å². The van der Waals surface area contributed by atoms with Crippen molar-refractivity contribution in [3.05, 3.63) is 51.1 Å². The van der Waals surface area contributed by atoms with Crippen molar-refractivity contribution in [3.8, 4) is 0 Å². The maximum Gasteiger partial charge on any atom is 0.172 e. The first-order valence-corrected chi connectivity index (χ1v) is 8.36. The van der Waals surface area contributed by atoms with Crippen molar-refractivity contribution in [2.75, 3.05) is 5.75 Å². The Bertz CT molecular complexity index is 508. The van der Waals surface area contributed by atoms with E-state index in [1.54, 1.807) is 11.8 Å². The Balaban J connectivity index is 1.72. The Morgan fingerprint density at radius 2 is 2.17 bits per heavy atom. The largest absolute Gasteiger partial charge is 0.293 e. The van der Waals surface area contributed by atoms with Crippen LogP contribution < -0.4 is 0 Å². The van der Waals surface area contributed by atoms with E-state index in [0.717, 1.165) is 21.5 Å². The summed E-state index contributed by atoms with van der Waals surface area (Å²) in [6, 6.07) is 12.1. The minimum absolute atomic E-state index is 0.264. The van der Waals surface area contributed by atoms with Crippen LogP contribution in [0.25, 0.3) is 0 Å². The molecule has 1 nitrogen and oxygen atoms in total. The van der Waals surface area contributed by atoms with Crippen LogP contribution in [-0.4, -0.2) is 11.5 Å². The number of carbonyl (C=O) groups is 1. The topological polar surface area (TPSA) is 17.1 Å². The molecule has 0 radical (unpaired) electrons. The SMILES string of the molecule is O=C(CCCSc1cccc(Br)c1)c1cccs1. The summed E-state index contributed by atoms with van der Waals surface area (Å²) in [6.07, 6.45) is 1.56. The average molecular weight is 341 g/mol. The highest BCUT2D eigenvalue weighted by Gasteiger charge is 2.06. The van der Waals surface area contributed by atoms with E-state index in [1.165, 1.54) is 16.2 Å². The zero-order chi connectivity index (χ0) is 12.8. The normalized spacial score (nSPS) is 10.5. The number of carbonyl (C=O) groups excluding carboxylic acids is 1. The van der Waals surface area contributed by atoms with Crippen molar-refractivity contribution in [2.24, 2.45) is 0 Å². The van der Waals surface area contributed by atoms with Crippen LogP contribution in [0.15, 0.2) is 51.1 Å². The molecule has 1 aromatic carbocycles. The number of benzene rings is 1. The van der Waals surface area contributed by atoms with Crippen molar-refractivity contribution in [3.63, 3.8) is 0 Å². The van der Waals surface area contributed by atoms with Crippen molar-refractivity contribution in [1.82, 2.24) is 0 Å². The number of rotatable bonds is 6. The third-order valence-electron chi connectivity index (χ3n) is 2.41. The molecule has 0 saturated heterocycles. The Morgan fingerprint density at radius 1 is 1.28 bits per heavy atom. The second kappa shape index (κ2) is 7.12. The Morgan fingerprint density at radius 3 is 2.89 bits per heavy atom. The van der Waals surface area contributed by atoms with Gasteiger partial charge in [-0.05, 0) is 41.8 Å². The summed E-state index contributed by atoms with van der Waals surface area (Å²) in [5.41, 5.74) is 0. The molecule has 4 heteroatoms. The van der Waals surface area contributed by atoms with Crippen LogP contribution in [0.5, 0.6) is 0 Å². The van der Waals surface area contributed by atoms with E-state index < -0.39 is 0 Å². The van der Waals surface area contributed by atoms with Gasteiger partial charge in [-0.15, -0.1) is 23.1 Å². The van der Waals surface area contributed by atoms with Crippen molar-refractivity contribution in [1.29, 1.82) is 0 Å².